The van der Waals surface area contributed by atoms with Crippen molar-refractivity contribution in [2.24, 2.45) is 17.6 Å². The topological polar surface area (TPSA) is 207 Å². The Kier molecular flexibility index (Phi) is 10.7. The molecule has 4 rings (SSSR count). The number of rotatable bonds is 13. The zero-order chi connectivity index (χ0) is 34.0. The van der Waals surface area contributed by atoms with Crippen LogP contribution < -0.4 is 21.7 Å². The molecular weight excluding hydrogens is 610 g/mol. The van der Waals surface area contributed by atoms with Crippen LogP contribution in [0, 0.1) is 18.8 Å². The number of aliphatic hydroxyl groups excluding tert-OH is 1. The maximum atomic E-state index is 12.5. The lowest BCUT2D eigenvalue weighted by molar-refractivity contribution is -0.138. The van der Waals surface area contributed by atoms with Crippen molar-refractivity contribution in [3.63, 3.8) is 0 Å². The number of carboxylic acid groups (broad SMARTS) is 2. The number of amides is 2. The number of hydrogen-bond acceptors (Lipinski definition) is 8. The van der Waals surface area contributed by atoms with Crippen molar-refractivity contribution >= 4 is 48.5 Å². The van der Waals surface area contributed by atoms with Gasteiger partial charge in [-0.1, -0.05) is 26.5 Å². The number of carboxylic acids is 2. The van der Waals surface area contributed by atoms with Crippen molar-refractivity contribution in [2.45, 2.75) is 76.8 Å². The van der Waals surface area contributed by atoms with Crippen molar-refractivity contribution in [2.75, 3.05) is 6.54 Å². The van der Waals surface area contributed by atoms with E-state index in [1.165, 1.54) is 6.08 Å². The van der Waals surface area contributed by atoms with Gasteiger partial charge in [0, 0.05) is 64.8 Å². The van der Waals surface area contributed by atoms with Gasteiger partial charge in [0.1, 0.15) is 6.10 Å². The van der Waals surface area contributed by atoms with Gasteiger partial charge in [-0.3, -0.25) is 19.2 Å². The first-order valence-corrected chi connectivity index (χ1v) is 15.8. The molecule has 1 saturated heterocycles. The largest absolute Gasteiger partial charge is 0.481 e. The number of carbonyl (C=O) groups is 4. The molecule has 0 bridgehead atoms. The number of H-pyrrole nitrogens is 1. The molecule has 248 valence electrons. The van der Waals surface area contributed by atoms with Crippen LogP contribution in [0.2, 0.25) is 0 Å². The van der Waals surface area contributed by atoms with Crippen LogP contribution in [0.1, 0.15) is 62.5 Å². The molecule has 46 heavy (non-hydrogen) atoms. The number of aliphatic hydroxyl groups is 1. The third kappa shape index (κ3) is 6.86. The van der Waals surface area contributed by atoms with Crippen molar-refractivity contribution in [1.29, 1.82) is 0 Å². The van der Waals surface area contributed by atoms with Gasteiger partial charge in [-0.15, -0.1) is 0 Å². The third-order valence-electron chi connectivity index (χ3n) is 9.24. The first kappa shape index (κ1) is 34.8. The van der Waals surface area contributed by atoms with Crippen LogP contribution >= 0.6 is 12.6 Å². The fourth-order valence-electron chi connectivity index (χ4n) is 6.74. The van der Waals surface area contributed by atoms with Crippen LogP contribution in [-0.4, -0.2) is 74.0 Å². The van der Waals surface area contributed by atoms with Gasteiger partial charge in [0.2, 0.25) is 5.91 Å². The minimum atomic E-state index is -1.14. The normalized spacial score (nSPS) is 26.1. The van der Waals surface area contributed by atoms with E-state index in [9.17, 15) is 34.5 Å². The third-order valence-corrected chi connectivity index (χ3v) is 9.57. The van der Waals surface area contributed by atoms with Gasteiger partial charge in [0.05, 0.1) is 12.1 Å². The number of aromatic nitrogens is 1. The molecule has 1 unspecified atom stereocenters. The number of nitrogens with one attached hydrogen (secondary N) is 4. The van der Waals surface area contributed by atoms with Crippen LogP contribution in [0.5, 0.6) is 0 Å². The number of allylic oxidation sites excluding steroid dienone is 2. The molecule has 4 heterocycles. The van der Waals surface area contributed by atoms with Crippen LogP contribution in [-0.2, 0) is 25.6 Å². The Labute approximate surface area is 273 Å². The molecule has 0 spiro atoms. The molecule has 2 amide bonds. The summed E-state index contributed by atoms with van der Waals surface area (Å²) < 4.78 is 0. The molecule has 0 aromatic carbocycles. The Morgan fingerprint density at radius 2 is 1.70 bits per heavy atom. The van der Waals surface area contributed by atoms with Crippen molar-refractivity contribution < 1.29 is 34.5 Å². The molecule has 12 nitrogen and oxygen atoms in total. The van der Waals surface area contributed by atoms with E-state index in [1.807, 2.05) is 26.8 Å². The zero-order valence-electron chi connectivity index (χ0n) is 26.4. The number of hydrogen-bond donors (Lipinski definition) is 9. The first-order chi connectivity index (χ1) is 21.7. The number of thiol groups is 1. The van der Waals surface area contributed by atoms with Crippen molar-refractivity contribution in [3.8, 4) is 0 Å². The second kappa shape index (κ2) is 14.1. The Bertz CT molecular complexity index is 1580. The lowest BCUT2D eigenvalue weighted by Crippen LogP contribution is -2.50. The van der Waals surface area contributed by atoms with Gasteiger partial charge in [-0.2, -0.15) is 12.6 Å². The molecule has 0 saturated carbocycles. The quantitative estimate of drug-likeness (QED) is 0.143. The average Bonchev–Trinajstić information content (AvgIpc) is 3.66. The van der Waals surface area contributed by atoms with Crippen LogP contribution in [0.4, 0.5) is 0 Å². The smallest absolute Gasteiger partial charge is 0.303 e. The van der Waals surface area contributed by atoms with Crippen LogP contribution in [0.15, 0.2) is 46.3 Å². The second-order valence-electron chi connectivity index (χ2n) is 12.1. The van der Waals surface area contributed by atoms with E-state index in [1.54, 1.807) is 13.0 Å². The fraction of sp³-hybridized carbons (Fsp3) is 0.455. The number of aromatic amines is 1. The summed E-state index contributed by atoms with van der Waals surface area (Å²) in [5.74, 6) is -2.82. The Hall–Kier alpha value is -4.07. The van der Waals surface area contributed by atoms with Crippen LogP contribution in [0.25, 0.3) is 12.2 Å². The Balaban J connectivity index is 1.81. The van der Waals surface area contributed by atoms with E-state index in [0.717, 1.165) is 11.1 Å². The molecule has 0 aliphatic carbocycles. The van der Waals surface area contributed by atoms with E-state index in [2.05, 4.69) is 40.1 Å². The Morgan fingerprint density at radius 1 is 1.04 bits per heavy atom. The highest BCUT2D eigenvalue weighted by atomic mass is 32.1. The molecule has 3 aliphatic rings. The summed E-state index contributed by atoms with van der Waals surface area (Å²) in [6.45, 7) is 11.1. The zero-order valence-corrected chi connectivity index (χ0v) is 27.3. The predicted octanol–water partition coefficient (Wildman–Crippen LogP) is 2.18. The summed E-state index contributed by atoms with van der Waals surface area (Å²) in [5.41, 5.74) is 12.5. The van der Waals surface area contributed by atoms with E-state index in [4.69, 9.17) is 5.73 Å². The molecular formula is C33H43N5O7S. The maximum absolute atomic E-state index is 12.5. The minimum absolute atomic E-state index is 0.0208. The molecule has 1 fully saturated rings. The summed E-state index contributed by atoms with van der Waals surface area (Å²) in [6, 6.07) is -1.46. The summed E-state index contributed by atoms with van der Waals surface area (Å²) in [5, 5.41) is 39.5. The minimum Gasteiger partial charge on any atom is -0.481 e. The SMILES string of the molecule is C=CC1=C(C)[C@@H]([C@H](O)C2N/C(=C\c3[nH]c(/C=C4\NC(=O)[C@H](C)[C@H]4[C@@H](C)S)c(C)c3CCC(=O)O)C(CCC(=O)O)=C2CN)NC1=O. The average molecular weight is 654 g/mol. The maximum Gasteiger partial charge on any atom is 0.303 e. The molecule has 6 atom stereocenters. The fourth-order valence-corrected chi connectivity index (χ4v) is 7.16. The predicted molar refractivity (Wildman–Crippen MR) is 177 cm³/mol. The monoisotopic (exact) mass is 653 g/mol. The van der Waals surface area contributed by atoms with Gasteiger partial charge < -0.3 is 42.0 Å². The highest BCUT2D eigenvalue weighted by molar-refractivity contribution is 7.80. The second-order valence-corrected chi connectivity index (χ2v) is 12.9. The van der Waals surface area contributed by atoms with Gasteiger partial charge in [0.15, 0.2) is 0 Å². The summed E-state index contributed by atoms with van der Waals surface area (Å²) >= 11 is 4.61. The standard InChI is InChI=1S/C33H43N5O7S/c1-6-18-15(3)29(38-33(18)45)31(43)30-21(13-34)20(8-10-27(41)42)24(36-30)12-23-19(7-9-26(39)40)14(2)22(35-23)11-25-28(17(5)46)16(4)32(44)37-25/h6,11-12,16-17,28-31,35-36,43,46H,1,7-10,13,34H2,2-5H3,(H,37,44)(H,38,45)(H,39,40)(H,41,42)/b24-12-,25-11-/t16-,17-,28+,29+,30?,31+/m1/s1. The highest BCUT2D eigenvalue weighted by Gasteiger charge is 2.41. The molecule has 0 radical (unpaired) electrons. The van der Waals surface area contributed by atoms with Crippen LogP contribution in [0.3, 0.4) is 0 Å². The van der Waals surface area contributed by atoms with Gasteiger partial charge in [-0.05, 0) is 66.7 Å². The summed E-state index contributed by atoms with van der Waals surface area (Å²) in [6.07, 6.45) is 3.96. The van der Waals surface area contributed by atoms with Gasteiger partial charge >= 0.3 is 11.9 Å². The van der Waals surface area contributed by atoms with E-state index in [0.29, 0.717) is 45.1 Å². The van der Waals surface area contributed by atoms with Gasteiger partial charge in [0.25, 0.3) is 5.91 Å². The number of carbonyl (C=O) groups excluding carboxylic acids is 2. The highest BCUT2D eigenvalue weighted by Crippen LogP contribution is 2.37. The number of aliphatic carboxylic acids is 2. The van der Waals surface area contributed by atoms with Crippen molar-refractivity contribution in [3.05, 3.63) is 68.9 Å². The lowest BCUT2D eigenvalue weighted by Gasteiger charge is -2.28. The lowest BCUT2D eigenvalue weighted by atomic mass is 9.91. The van der Waals surface area contributed by atoms with Crippen molar-refractivity contribution in [1.82, 2.24) is 20.9 Å². The molecule has 3 aliphatic heterocycles. The molecule has 1 aromatic heterocycles. The van der Waals surface area contributed by atoms with E-state index < -0.39 is 30.1 Å². The molecule has 13 heteroatoms. The van der Waals surface area contributed by atoms with E-state index in [-0.39, 0.29) is 61.1 Å². The molecule has 9 N–H and O–H groups in total. The van der Waals surface area contributed by atoms with Gasteiger partial charge in [-0.25, -0.2) is 0 Å². The summed E-state index contributed by atoms with van der Waals surface area (Å²) in [7, 11) is 0. The first-order valence-electron chi connectivity index (χ1n) is 15.3. The Morgan fingerprint density at radius 3 is 2.26 bits per heavy atom. The summed E-state index contributed by atoms with van der Waals surface area (Å²) in [4.78, 5) is 51.6. The molecule has 1 aromatic rings. The van der Waals surface area contributed by atoms with E-state index >= 15 is 0 Å². The number of nitrogens with two attached hydrogens (primary N) is 1.